The van der Waals surface area contributed by atoms with Gasteiger partial charge in [-0.1, -0.05) is 11.6 Å². The van der Waals surface area contributed by atoms with Crippen LogP contribution in [0, 0.1) is 0 Å². The van der Waals surface area contributed by atoms with Gasteiger partial charge in [0.25, 0.3) is 0 Å². The van der Waals surface area contributed by atoms with E-state index in [0.29, 0.717) is 0 Å². The number of aromatic amines is 1. The van der Waals surface area contributed by atoms with E-state index in [0.717, 1.165) is 33.1 Å². The first-order valence-electron chi connectivity index (χ1n) is 8.20. The second-order valence-electron chi connectivity index (χ2n) is 6.97. The van der Waals surface area contributed by atoms with Gasteiger partial charge in [0.1, 0.15) is 6.04 Å². The van der Waals surface area contributed by atoms with Crippen LogP contribution < -0.4 is 4.90 Å². The second kappa shape index (κ2) is 4.63. The normalized spacial score (nSPS) is 21.3. The van der Waals surface area contributed by atoms with Crippen molar-refractivity contribution in [3.05, 3.63) is 41.2 Å². The van der Waals surface area contributed by atoms with Crippen molar-refractivity contribution in [2.75, 3.05) is 4.90 Å². The predicted molar refractivity (Wildman–Crippen MR) is 97.5 cm³/mol. The number of fused-ring (bicyclic) bond motifs is 2. The molecule has 122 valence electrons. The Hall–Kier alpha value is -2.27. The molecule has 6 heteroatoms. The number of rotatable bonds is 2. The molecule has 0 radical (unpaired) electrons. The summed E-state index contributed by atoms with van der Waals surface area (Å²) in [5.41, 5.74) is 3.42. The van der Waals surface area contributed by atoms with Crippen LogP contribution in [0.3, 0.4) is 0 Å². The molecule has 5 nitrogen and oxygen atoms in total. The van der Waals surface area contributed by atoms with Crippen LogP contribution in [0.15, 0.2) is 35.5 Å². The van der Waals surface area contributed by atoms with E-state index in [-0.39, 0.29) is 11.6 Å². The number of halogens is 1. The Morgan fingerprint density at radius 1 is 1.29 bits per heavy atom. The third-order valence-corrected chi connectivity index (χ3v) is 5.50. The summed E-state index contributed by atoms with van der Waals surface area (Å²) in [6.07, 6.45) is 6.36. The molecule has 1 aliphatic heterocycles. The zero-order chi connectivity index (χ0) is 16.5. The molecule has 2 aliphatic rings. The first kappa shape index (κ1) is 14.1. The topological polar surface area (TPSA) is 49.2 Å². The number of anilines is 1. The highest BCUT2D eigenvalue weighted by atomic mass is 35.5. The second-order valence-corrected chi connectivity index (χ2v) is 7.41. The molecule has 1 fully saturated rings. The number of hydrogen-bond donors (Lipinski definition) is 1. The lowest BCUT2D eigenvalue weighted by Crippen LogP contribution is -2.40. The fourth-order valence-corrected chi connectivity index (χ4v) is 3.90. The maximum absolute atomic E-state index is 6.17. The van der Waals surface area contributed by atoms with Gasteiger partial charge >= 0.3 is 0 Å². The number of H-pyrrole nitrogens is 1. The molecule has 3 heterocycles. The summed E-state index contributed by atoms with van der Waals surface area (Å²) in [5, 5.41) is 6.68. The van der Waals surface area contributed by atoms with Crippen LogP contribution in [0.2, 0.25) is 5.02 Å². The largest absolute Gasteiger partial charge is 0.349 e. The number of aromatic nitrogens is 3. The van der Waals surface area contributed by atoms with E-state index in [2.05, 4.69) is 33.9 Å². The highest BCUT2D eigenvalue weighted by Crippen LogP contribution is 2.51. The van der Waals surface area contributed by atoms with Gasteiger partial charge in [0, 0.05) is 35.4 Å². The Labute approximate surface area is 144 Å². The summed E-state index contributed by atoms with van der Waals surface area (Å²) in [6.45, 7) is 2.32. The van der Waals surface area contributed by atoms with E-state index in [4.69, 9.17) is 16.7 Å². The maximum Gasteiger partial charge on any atom is 0.153 e. The third-order valence-electron chi connectivity index (χ3n) is 5.26. The molecular weight excluding hydrogens is 322 g/mol. The van der Waals surface area contributed by atoms with Crippen LogP contribution >= 0.6 is 11.6 Å². The average Bonchev–Trinajstić information content (AvgIpc) is 3.01. The molecule has 1 aromatic carbocycles. The van der Waals surface area contributed by atoms with E-state index >= 15 is 0 Å². The number of benzene rings is 1. The molecule has 1 N–H and O–H groups in total. The number of aliphatic imine (C=N–C) groups is 1. The van der Waals surface area contributed by atoms with Gasteiger partial charge in [-0.05, 0) is 44.0 Å². The first-order valence-corrected chi connectivity index (χ1v) is 8.58. The molecule has 2 aromatic heterocycles. The molecule has 0 amide bonds. The van der Waals surface area contributed by atoms with Crippen molar-refractivity contribution in [1.82, 2.24) is 14.8 Å². The summed E-state index contributed by atoms with van der Waals surface area (Å²) in [6, 6.07) is 8.11. The van der Waals surface area contributed by atoms with E-state index < -0.39 is 0 Å². The Bertz CT molecular complexity index is 979. The Balaban J connectivity index is 1.71. The van der Waals surface area contributed by atoms with Gasteiger partial charge in [0.15, 0.2) is 5.82 Å². The van der Waals surface area contributed by atoms with Crippen molar-refractivity contribution in [3.63, 3.8) is 0 Å². The Morgan fingerprint density at radius 3 is 2.92 bits per heavy atom. The van der Waals surface area contributed by atoms with Crippen LogP contribution in [-0.2, 0) is 7.05 Å². The average molecular weight is 340 g/mol. The fourth-order valence-electron chi connectivity index (χ4n) is 3.73. The van der Waals surface area contributed by atoms with Crippen LogP contribution in [-0.4, -0.2) is 26.5 Å². The highest BCUT2D eigenvalue weighted by molar-refractivity contribution is 6.31. The van der Waals surface area contributed by atoms with E-state index in [1.54, 1.807) is 0 Å². The van der Waals surface area contributed by atoms with E-state index in [1.807, 2.05) is 36.3 Å². The minimum Gasteiger partial charge on any atom is -0.349 e. The van der Waals surface area contributed by atoms with Gasteiger partial charge in [-0.15, -0.1) is 0 Å². The zero-order valence-corrected chi connectivity index (χ0v) is 14.4. The minimum absolute atomic E-state index is 0.0330. The Morgan fingerprint density at radius 2 is 2.12 bits per heavy atom. The van der Waals surface area contributed by atoms with Crippen LogP contribution in [0.4, 0.5) is 11.5 Å². The summed E-state index contributed by atoms with van der Waals surface area (Å²) in [4.78, 5) is 10.3. The van der Waals surface area contributed by atoms with Gasteiger partial charge in [-0.2, -0.15) is 5.10 Å². The minimum atomic E-state index is 0.0330. The lowest BCUT2D eigenvalue weighted by Gasteiger charge is -2.38. The van der Waals surface area contributed by atoms with Gasteiger partial charge in [0.05, 0.1) is 16.9 Å². The molecule has 24 heavy (non-hydrogen) atoms. The van der Waals surface area contributed by atoms with Gasteiger partial charge in [-0.25, -0.2) is 4.99 Å². The summed E-state index contributed by atoms with van der Waals surface area (Å²) < 4.78 is 1.91. The van der Waals surface area contributed by atoms with Gasteiger partial charge in [-0.3, -0.25) is 4.68 Å². The van der Waals surface area contributed by atoms with Crippen molar-refractivity contribution in [3.8, 4) is 0 Å². The molecule has 5 rings (SSSR count). The summed E-state index contributed by atoms with van der Waals surface area (Å²) in [5.74, 6) is 0.933. The van der Waals surface area contributed by atoms with Crippen molar-refractivity contribution < 1.29 is 0 Å². The molecule has 1 saturated carbocycles. The van der Waals surface area contributed by atoms with Crippen LogP contribution in [0.25, 0.3) is 10.9 Å². The lowest BCUT2D eigenvalue weighted by molar-refractivity contribution is 0.591. The summed E-state index contributed by atoms with van der Waals surface area (Å²) >= 11 is 6.17. The Kier molecular flexibility index (Phi) is 2.72. The number of nitrogens with zero attached hydrogens (tertiary/aromatic N) is 4. The summed E-state index contributed by atoms with van der Waals surface area (Å²) in [7, 11) is 1.97. The lowest BCUT2D eigenvalue weighted by atomic mass is 10.0. The highest BCUT2D eigenvalue weighted by Gasteiger charge is 2.49. The number of hydrogen-bond acceptors (Lipinski definition) is 3. The van der Waals surface area contributed by atoms with Crippen molar-refractivity contribution in [1.29, 1.82) is 0 Å². The zero-order valence-electron chi connectivity index (χ0n) is 13.6. The molecule has 0 bridgehead atoms. The molecule has 1 unspecified atom stereocenters. The smallest absolute Gasteiger partial charge is 0.153 e. The van der Waals surface area contributed by atoms with Crippen molar-refractivity contribution in [2.24, 2.45) is 12.0 Å². The van der Waals surface area contributed by atoms with Crippen LogP contribution in [0.5, 0.6) is 0 Å². The van der Waals surface area contributed by atoms with Crippen molar-refractivity contribution >= 4 is 40.2 Å². The van der Waals surface area contributed by atoms with E-state index in [1.165, 1.54) is 12.8 Å². The van der Waals surface area contributed by atoms with Crippen molar-refractivity contribution in [2.45, 2.75) is 31.3 Å². The first-order chi connectivity index (χ1) is 11.6. The monoisotopic (exact) mass is 339 g/mol. The fraction of sp³-hybridized carbons (Fsp3) is 0.333. The van der Waals surface area contributed by atoms with Gasteiger partial charge < -0.3 is 9.88 Å². The van der Waals surface area contributed by atoms with Gasteiger partial charge in [0.2, 0.25) is 0 Å². The SMILES string of the molecule is Cn1nc(C2C=Nc3[nH]ccc3N2C2(C)CC2)c2ccc(Cl)cc21. The molecule has 1 aliphatic carbocycles. The molecule has 3 aromatic rings. The maximum atomic E-state index is 6.17. The molecule has 0 saturated heterocycles. The number of nitrogens with one attached hydrogen (secondary N) is 1. The molecule has 0 spiro atoms. The predicted octanol–water partition coefficient (Wildman–Crippen LogP) is 4.37. The third kappa shape index (κ3) is 1.88. The standard InChI is InChI=1S/C18H18ClN5/c1-18(6-7-18)24-13-5-8-20-17(13)21-10-15(24)16-12-4-3-11(19)9-14(12)23(2)22-16/h3-5,8-10,15,20H,6-7H2,1-2H3. The molecule has 1 atom stereocenters. The quantitative estimate of drug-likeness (QED) is 0.753. The number of aryl methyl sites for hydroxylation is 1. The molecular formula is C18H18ClN5. The van der Waals surface area contributed by atoms with Crippen LogP contribution in [0.1, 0.15) is 31.5 Å². The van der Waals surface area contributed by atoms with E-state index in [9.17, 15) is 0 Å².